The summed E-state index contributed by atoms with van der Waals surface area (Å²) < 4.78 is 0.914. The minimum absolute atomic E-state index is 0.0420. The first-order valence-electron chi connectivity index (χ1n) is 6.27. The highest BCUT2D eigenvalue weighted by atomic mass is 79.9. The molecule has 5 heteroatoms. The van der Waals surface area contributed by atoms with Gasteiger partial charge in [0.05, 0.1) is 5.75 Å². The van der Waals surface area contributed by atoms with Crippen LogP contribution >= 0.6 is 27.7 Å². The van der Waals surface area contributed by atoms with Crippen LogP contribution in [0.2, 0.25) is 0 Å². The van der Waals surface area contributed by atoms with Crippen LogP contribution in [0.15, 0.2) is 22.8 Å². The first-order chi connectivity index (χ1) is 8.74. The number of carbonyl (C=O) groups excluding carboxylic acids is 1. The molecule has 1 fully saturated rings. The molecule has 2 rings (SSSR count). The SMILES string of the molecule is O=C(CSC1CCCCC1)Nc1ccc(Br)cn1. The van der Waals surface area contributed by atoms with Crippen molar-refractivity contribution in [3.05, 3.63) is 22.8 Å². The van der Waals surface area contributed by atoms with Gasteiger partial charge in [0.15, 0.2) is 0 Å². The van der Waals surface area contributed by atoms with Gasteiger partial charge >= 0.3 is 0 Å². The van der Waals surface area contributed by atoms with E-state index in [0.717, 1.165) is 4.47 Å². The third-order valence-electron chi connectivity index (χ3n) is 3.00. The van der Waals surface area contributed by atoms with Crippen molar-refractivity contribution in [3.63, 3.8) is 0 Å². The highest BCUT2D eigenvalue weighted by Crippen LogP contribution is 2.28. The van der Waals surface area contributed by atoms with E-state index in [4.69, 9.17) is 0 Å². The van der Waals surface area contributed by atoms with Crippen LogP contribution in [0.25, 0.3) is 0 Å². The monoisotopic (exact) mass is 328 g/mol. The molecule has 1 heterocycles. The first kappa shape index (κ1) is 13.9. The Hall–Kier alpha value is -0.550. The molecule has 0 aromatic carbocycles. The highest BCUT2D eigenvalue weighted by Gasteiger charge is 2.15. The van der Waals surface area contributed by atoms with Gasteiger partial charge in [-0.3, -0.25) is 4.79 Å². The maximum Gasteiger partial charge on any atom is 0.235 e. The molecular weight excluding hydrogens is 312 g/mol. The minimum Gasteiger partial charge on any atom is -0.310 e. The van der Waals surface area contributed by atoms with E-state index in [1.807, 2.05) is 6.07 Å². The van der Waals surface area contributed by atoms with Crippen LogP contribution in [-0.2, 0) is 4.79 Å². The van der Waals surface area contributed by atoms with Gasteiger partial charge in [0.25, 0.3) is 0 Å². The van der Waals surface area contributed by atoms with Gasteiger partial charge in [-0.2, -0.15) is 0 Å². The Labute approximate surface area is 120 Å². The largest absolute Gasteiger partial charge is 0.310 e. The molecule has 3 nitrogen and oxygen atoms in total. The van der Waals surface area contributed by atoms with Crippen LogP contribution in [0.3, 0.4) is 0 Å². The molecule has 0 bridgehead atoms. The predicted molar refractivity (Wildman–Crippen MR) is 79.9 cm³/mol. The molecule has 1 N–H and O–H groups in total. The van der Waals surface area contributed by atoms with Crippen LogP contribution in [0, 0.1) is 0 Å². The Morgan fingerprint density at radius 1 is 1.39 bits per heavy atom. The van der Waals surface area contributed by atoms with E-state index < -0.39 is 0 Å². The van der Waals surface area contributed by atoms with Crippen LogP contribution in [-0.4, -0.2) is 21.9 Å². The predicted octanol–water partition coefficient (Wildman–Crippen LogP) is 3.85. The molecule has 1 aliphatic carbocycles. The number of amides is 1. The summed E-state index contributed by atoms with van der Waals surface area (Å²) in [4.78, 5) is 15.9. The number of carbonyl (C=O) groups is 1. The van der Waals surface area contributed by atoms with Crippen LogP contribution in [0.5, 0.6) is 0 Å². The molecule has 1 aromatic rings. The number of anilines is 1. The summed E-state index contributed by atoms with van der Waals surface area (Å²) in [6.45, 7) is 0. The molecule has 0 spiro atoms. The van der Waals surface area contributed by atoms with E-state index in [1.54, 1.807) is 24.0 Å². The van der Waals surface area contributed by atoms with Gasteiger partial charge in [0.1, 0.15) is 5.82 Å². The van der Waals surface area contributed by atoms with Gasteiger partial charge in [-0.25, -0.2) is 4.98 Å². The topological polar surface area (TPSA) is 42.0 Å². The number of thioether (sulfide) groups is 1. The minimum atomic E-state index is 0.0420. The standard InChI is InChI=1S/C13H17BrN2OS/c14-10-6-7-12(15-8-10)16-13(17)9-18-11-4-2-1-3-5-11/h6-8,11H,1-5,9H2,(H,15,16,17). The fourth-order valence-corrected chi connectivity index (χ4v) is 3.41. The average molecular weight is 329 g/mol. The smallest absolute Gasteiger partial charge is 0.235 e. The van der Waals surface area contributed by atoms with Crippen LogP contribution in [0.1, 0.15) is 32.1 Å². The maximum atomic E-state index is 11.8. The lowest BCUT2D eigenvalue weighted by molar-refractivity contribution is -0.113. The number of hydrogen-bond acceptors (Lipinski definition) is 3. The Bertz CT molecular complexity index is 390. The van der Waals surface area contributed by atoms with Gasteiger partial charge < -0.3 is 5.32 Å². The molecule has 1 amide bonds. The molecule has 0 saturated heterocycles. The van der Waals surface area contributed by atoms with Crippen LogP contribution < -0.4 is 5.32 Å². The summed E-state index contributed by atoms with van der Waals surface area (Å²) in [5.41, 5.74) is 0. The van der Waals surface area contributed by atoms with Gasteiger partial charge in [-0.05, 0) is 40.9 Å². The summed E-state index contributed by atoms with van der Waals surface area (Å²) in [7, 11) is 0. The van der Waals surface area contributed by atoms with E-state index in [-0.39, 0.29) is 5.91 Å². The van der Waals surface area contributed by atoms with Crippen molar-refractivity contribution in [2.75, 3.05) is 11.1 Å². The summed E-state index contributed by atoms with van der Waals surface area (Å²) in [5, 5.41) is 3.49. The van der Waals surface area contributed by atoms with Crippen molar-refractivity contribution in [2.45, 2.75) is 37.4 Å². The number of nitrogens with one attached hydrogen (secondary N) is 1. The lowest BCUT2D eigenvalue weighted by Crippen LogP contribution is -2.18. The normalized spacial score (nSPS) is 16.5. The van der Waals surface area contributed by atoms with Crippen molar-refractivity contribution in [1.29, 1.82) is 0 Å². The second-order valence-corrected chi connectivity index (χ2v) is 6.69. The van der Waals surface area contributed by atoms with Crippen molar-refractivity contribution in [3.8, 4) is 0 Å². The van der Waals surface area contributed by atoms with Crippen molar-refractivity contribution < 1.29 is 4.79 Å². The zero-order chi connectivity index (χ0) is 12.8. The van der Waals surface area contributed by atoms with Gasteiger partial charge in [-0.15, -0.1) is 11.8 Å². The fourth-order valence-electron chi connectivity index (χ4n) is 2.05. The molecule has 0 atom stereocenters. The third kappa shape index (κ3) is 4.61. The van der Waals surface area contributed by atoms with Crippen molar-refractivity contribution >= 4 is 39.4 Å². The van der Waals surface area contributed by atoms with E-state index in [9.17, 15) is 4.79 Å². The van der Waals surface area contributed by atoms with Gasteiger partial charge in [-0.1, -0.05) is 19.3 Å². The number of halogens is 1. The van der Waals surface area contributed by atoms with E-state index in [2.05, 4.69) is 26.2 Å². The Kier molecular flexibility index (Phi) is 5.50. The zero-order valence-electron chi connectivity index (χ0n) is 10.2. The molecule has 98 valence electrons. The lowest BCUT2D eigenvalue weighted by Gasteiger charge is -2.20. The Morgan fingerprint density at radius 3 is 2.83 bits per heavy atom. The van der Waals surface area contributed by atoms with E-state index in [0.29, 0.717) is 16.8 Å². The van der Waals surface area contributed by atoms with E-state index >= 15 is 0 Å². The molecule has 0 radical (unpaired) electrons. The maximum absolute atomic E-state index is 11.8. The summed E-state index contributed by atoms with van der Waals surface area (Å²) in [5.74, 6) is 1.19. The average Bonchev–Trinajstić information content (AvgIpc) is 2.40. The molecule has 1 aromatic heterocycles. The molecule has 18 heavy (non-hydrogen) atoms. The number of pyridine rings is 1. The second-order valence-electron chi connectivity index (χ2n) is 4.48. The van der Waals surface area contributed by atoms with Crippen LogP contribution in [0.4, 0.5) is 5.82 Å². The Balaban J connectivity index is 1.73. The molecule has 0 aliphatic heterocycles. The summed E-state index contributed by atoms with van der Waals surface area (Å²) in [6.07, 6.45) is 8.18. The fraction of sp³-hybridized carbons (Fsp3) is 0.538. The van der Waals surface area contributed by atoms with Gasteiger partial charge in [0, 0.05) is 15.9 Å². The summed E-state index contributed by atoms with van der Waals surface area (Å²) >= 11 is 5.09. The number of aromatic nitrogens is 1. The van der Waals surface area contributed by atoms with Crippen molar-refractivity contribution in [2.24, 2.45) is 0 Å². The molecule has 1 saturated carbocycles. The number of rotatable bonds is 4. The molecule has 1 aliphatic rings. The van der Waals surface area contributed by atoms with Crippen molar-refractivity contribution in [1.82, 2.24) is 4.98 Å². The third-order valence-corrected chi connectivity index (χ3v) is 4.84. The Morgan fingerprint density at radius 2 is 2.17 bits per heavy atom. The van der Waals surface area contributed by atoms with Gasteiger partial charge in [0.2, 0.25) is 5.91 Å². The lowest BCUT2D eigenvalue weighted by atomic mass is 10.0. The quantitative estimate of drug-likeness (QED) is 0.912. The molecule has 0 unspecified atom stereocenters. The number of nitrogens with zero attached hydrogens (tertiary/aromatic N) is 1. The summed E-state index contributed by atoms with van der Waals surface area (Å²) in [6, 6.07) is 3.67. The number of hydrogen-bond donors (Lipinski definition) is 1. The first-order valence-corrected chi connectivity index (χ1v) is 8.11. The highest BCUT2D eigenvalue weighted by molar-refractivity contribution is 9.10. The second kappa shape index (κ2) is 7.14. The zero-order valence-corrected chi connectivity index (χ0v) is 12.6. The molecular formula is C13H17BrN2OS. The van der Waals surface area contributed by atoms with E-state index in [1.165, 1.54) is 32.1 Å².